The van der Waals surface area contributed by atoms with Crippen LogP contribution in [0.3, 0.4) is 0 Å². The minimum Gasteiger partial charge on any atom is -0.462 e. The molecule has 1 heterocycles. The van der Waals surface area contributed by atoms with Crippen LogP contribution >= 0.6 is 0 Å². The quantitative estimate of drug-likeness (QED) is 0.0438. The van der Waals surface area contributed by atoms with Gasteiger partial charge in [0.2, 0.25) is 5.91 Å². The fourth-order valence-electron chi connectivity index (χ4n) is 9.61. The number of unbranched alkanes of at least 4 members (excludes halogenated alkanes) is 25. The van der Waals surface area contributed by atoms with Gasteiger partial charge < -0.3 is 39.2 Å². The molecule has 10 heteroatoms. The first-order valence-corrected chi connectivity index (χ1v) is 28.7. The number of aliphatic hydroxyl groups is 2. The average Bonchev–Trinajstić information content (AvgIpc) is 3.37. The largest absolute Gasteiger partial charge is 0.462 e. The Morgan fingerprint density at radius 2 is 0.986 bits per heavy atom. The predicted octanol–water partition coefficient (Wildman–Crippen LogP) is 14.2. The Labute approximate surface area is 426 Å². The van der Waals surface area contributed by atoms with Gasteiger partial charge in [-0.05, 0) is 36.8 Å². The summed E-state index contributed by atoms with van der Waals surface area (Å²) >= 11 is 0. The molecule has 3 N–H and O–H groups in total. The van der Waals surface area contributed by atoms with Crippen LogP contribution in [0, 0.1) is 0 Å². The smallest absolute Gasteiger partial charge is 0.308 e. The second-order valence-electron chi connectivity index (χ2n) is 20.3. The molecule has 1 aliphatic rings. The van der Waals surface area contributed by atoms with Gasteiger partial charge in [-0.15, -0.1) is 0 Å². The maximum atomic E-state index is 14.3. The van der Waals surface area contributed by atoms with E-state index in [1.807, 2.05) is 60.7 Å². The highest BCUT2D eigenvalue weighted by atomic mass is 16.7. The van der Waals surface area contributed by atoms with Gasteiger partial charge in [0.1, 0.15) is 30.5 Å². The molecular formula is C60H101NO9. The molecule has 1 amide bonds. The first kappa shape index (κ1) is 61.4. The molecule has 70 heavy (non-hydrogen) atoms. The van der Waals surface area contributed by atoms with Crippen LogP contribution in [0.15, 0.2) is 60.7 Å². The zero-order valence-electron chi connectivity index (χ0n) is 44.5. The molecule has 0 radical (unpaired) electrons. The van der Waals surface area contributed by atoms with Crippen molar-refractivity contribution in [1.82, 2.24) is 5.32 Å². The van der Waals surface area contributed by atoms with Crippen molar-refractivity contribution >= 4 is 11.9 Å². The number of benzene rings is 2. The Bertz CT molecular complexity index is 1510. The molecule has 0 aliphatic carbocycles. The van der Waals surface area contributed by atoms with Crippen LogP contribution in [0.2, 0.25) is 0 Å². The lowest BCUT2D eigenvalue weighted by molar-refractivity contribution is -0.281. The summed E-state index contributed by atoms with van der Waals surface area (Å²) < 4.78 is 31.6. The third-order valence-corrected chi connectivity index (χ3v) is 13.9. The average molecular weight is 980 g/mol. The number of esters is 1. The van der Waals surface area contributed by atoms with Gasteiger partial charge in [0.25, 0.3) is 0 Å². The van der Waals surface area contributed by atoms with Gasteiger partial charge in [-0.3, -0.25) is 9.59 Å². The van der Waals surface area contributed by atoms with Crippen molar-refractivity contribution in [3.63, 3.8) is 0 Å². The van der Waals surface area contributed by atoms with Gasteiger partial charge in [-0.1, -0.05) is 248 Å². The Balaban J connectivity index is 1.70. The minimum absolute atomic E-state index is 0.0576. The standard InChI is InChI=1S/C60H101NO9/c1-4-7-10-13-16-19-22-25-28-37-44-66-52(42-35-26-23-20-17-14-11-8-5-2)46-56(64)69-53(43-36-27-24-21-18-15-12-9-6-3)45-55(63)61-57-59(67-48-50-38-31-29-32-39-50)58(65)54(47-62)70-60(57)68-49-51-40-33-30-34-41-51/h29-34,38-41,52-54,57-60,62,65H,4-28,35-37,42-49H2,1-3H3,(H,61,63)/t52-,53-,54-,57+,58-,59-,60+/m1/s1. The van der Waals surface area contributed by atoms with Crippen molar-refractivity contribution in [2.24, 2.45) is 0 Å². The van der Waals surface area contributed by atoms with E-state index in [1.54, 1.807) is 0 Å². The number of aliphatic hydroxyl groups excluding tert-OH is 2. The predicted molar refractivity (Wildman–Crippen MR) is 284 cm³/mol. The summed E-state index contributed by atoms with van der Waals surface area (Å²) in [6.07, 6.45) is 30.5. The van der Waals surface area contributed by atoms with Crippen molar-refractivity contribution in [2.75, 3.05) is 13.2 Å². The number of amides is 1. The van der Waals surface area contributed by atoms with Crippen molar-refractivity contribution in [3.05, 3.63) is 71.8 Å². The van der Waals surface area contributed by atoms with Gasteiger partial charge >= 0.3 is 5.97 Å². The van der Waals surface area contributed by atoms with Crippen LogP contribution < -0.4 is 5.32 Å². The maximum Gasteiger partial charge on any atom is 0.308 e. The van der Waals surface area contributed by atoms with E-state index in [9.17, 15) is 19.8 Å². The summed E-state index contributed by atoms with van der Waals surface area (Å²) in [4.78, 5) is 28.2. The third-order valence-electron chi connectivity index (χ3n) is 13.9. The number of carbonyl (C=O) groups is 2. The van der Waals surface area contributed by atoms with Crippen molar-refractivity contribution < 1.29 is 43.5 Å². The lowest BCUT2D eigenvalue weighted by Gasteiger charge is -2.44. The van der Waals surface area contributed by atoms with Crippen LogP contribution in [0.1, 0.15) is 237 Å². The highest BCUT2D eigenvalue weighted by Crippen LogP contribution is 2.27. The summed E-state index contributed by atoms with van der Waals surface area (Å²) in [5, 5.41) is 24.9. The number of ether oxygens (including phenoxy) is 5. The summed E-state index contributed by atoms with van der Waals surface area (Å²) in [7, 11) is 0. The molecule has 1 saturated heterocycles. The third kappa shape index (κ3) is 29.0. The van der Waals surface area contributed by atoms with Crippen LogP contribution in [0.25, 0.3) is 0 Å². The van der Waals surface area contributed by atoms with Gasteiger partial charge in [0.05, 0.1) is 38.8 Å². The van der Waals surface area contributed by atoms with E-state index in [-0.39, 0.29) is 44.0 Å². The fraction of sp³-hybridized carbons (Fsp3) is 0.767. The van der Waals surface area contributed by atoms with Gasteiger partial charge in [0, 0.05) is 6.61 Å². The number of nitrogens with one attached hydrogen (secondary N) is 1. The van der Waals surface area contributed by atoms with E-state index in [0.717, 1.165) is 62.5 Å². The number of rotatable bonds is 45. The molecule has 1 fully saturated rings. The first-order valence-electron chi connectivity index (χ1n) is 28.7. The molecule has 0 saturated carbocycles. The van der Waals surface area contributed by atoms with E-state index < -0.39 is 43.4 Å². The van der Waals surface area contributed by atoms with Crippen LogP contribution in [-0.4, -0.2) is 78.2 Å². The summed E-state index contributed by atoms with van der Waals surface area (Å²) in [6, 6.07) is 18.3. The zero-order valence-corrected chi connectivity index (χ0v) is 44.5. The Morgan fingerprint density at radius 1 is 0.557 bits per heavy atom. The summed E-state index contributed by atoms with van der Waals surface area (Å²) in [6.45, 7) is 7.29. The topological polar surface area (TPSA) is 133 Å². The molecule has 1 aliphatic heterocycles. The van der Waals surface area contributed by atoms with Gasteiger partial charge in [-0.25, -0.2) is 0 Å². The fourth-order valence-corrected chi connectivity index (χ4v) is 9.61. The van der Waals surface area contributed by atoms with E-state index >= 15 is 0 Å². The SMILES string of the molecule is CCCCCCCCCCCCO[C@H](CCCCCCCCCCC)CC(=O)O[C@H](CCCCCCCCCCC)CC(=O)N[C@@H]1[C@@H](OCc2ccccc2)O[C@H](CO)[C@@H](O)[C@@H]1OCc1ccccc1. The lowest BCUT2D eigenvalue weighted by atomic mass is 9.96. The van der Waals surface area contributed by atoms with E-state index in [1.165, 1.54) is 135 Å². The van der Waals surface area contributed by atoms with Crippen molar-refractivity contribution in [3.8, 4) is 0 Å². The Hall–Kier alpha value is -2.86. The molecule has 0 unspecified atom stereocenters. The van der Waals surface area contributed by atoms with Crippen molar-refractivity contribution in [1.29, 1.82) is 0 Å². The van der Waals surface area contributed by atoms with Crippen LogP contribution in [0.4, 0.5) is 0 Å². The molecular weight excluding hydrogens is 879 g/mol. The molecule has 2 aromatic carbocycles. The second-order valence-corrected chi connectivity index (χ2v) is 20.3. The second kappa shape index (κ2) is 41.6. The van der Waals surface area contributed by atoms with Crippen LogP contribution in [0.5, 0.6) is 0 Å². The minimum atomic E-state index is -1.26. The molecule has 400 valence electrons. The van der Waals surface area contributed by atoms with E-state index in [4.69, 9.17) is 23.7 Å². The van der Waals surface area contributed by atoms with Gasteiger partial charge in [-0.2, -0.15) is 0 Å². The summed E-state index contributed by atoms with van der Waals surface area (Å²) in [5.41, 5.74) is 1.80. The molecule has 10 nitrogen and oxygen atoms in total. The van der Waals surface area contributed by atoms with Crippen LogP contribution in [-0.2, 0) is 46.5 Å². The highest BCUT2D eigenvalue weighted by molar-refractivity contribution is 5.77. The summed E-state index contributed by atoms with van der Waals surface area (Å²) in [5.74, 6) is -0.685. The molecule has 0 spiro atoms. The molecule has 2 aromatic rings. The Morgan fingerprint density at radius 3 is 1.46 bits per heavy atom. The molecule has 0 bridgehead atoms. The van der Waals surface area contributed by atoms with Gasteiger partial charge in [0.15, 0.2) is 6.29 Å². The lowest BCUT2D eigenvalue weighted by Crippen LogP contribution is -2.65. The maximum absolute atomic E-state index is 14.3. The normalized spacial score (nSPS) is 19.0. The number of hydrogen-bond donors (Lipinski definition) is 3. The molecule has 3 rings (SSSR count). The van der Waals surface area contributed by atoms with Crippen molar-refractivity contribution in [2.45, 2.75) is 282 Å². The Kier molecular flexibility index (Phi) is 36.5. The van der Waals surface area contributed by atoms with E-state index in [0.29, 0.717) is 13.0 Å². The molecule has 7 atom stereocenters. The number of hydrogen-bond acceptors (Lipinski definition) is 9. The first-order chi connectivity index (χ1) is 34.4. The molecule has 0 aromatic heterocycles. The zero-order chi connectivity index (χ0) is 50.1. The number of carbonyl (C=O) groups excluding carboxylic acids is 2. The monoisotopic (exact) mass is 980 g/mol. The van der Waals surface area contributed by atoms with E-state index in [2.05, 4.69) is 26.1 Å². The highest BCUT2D eigenvalue weighted by Gasteiger charge is 2.47.